The minimum atomic E-state index is -0.173. The highest BCUT2D eigenvalue weighted by Gasteiger charge is 2.47. The van der Waals surface area contributed by atoms with E-state index in [2.05, 4.69) is 44.3 Å². The van der Waals surface area contributed by atoms with Crippen LogP contribution < -0.4 is 10.9 Å². The molecule has 2 aliphatic heterocycles. The summed E-state index contributed by atoms with van der Waals surface area (Å²) < 4.78 is 1.77. The third-order valence-corrected chi connectivity index (χ3v) is 8.68. The number of benzene rings is 1. The average molecular weight is 518 g/mol. The molecule has 1 saturated carbocycles. The molecule has 3 fully saturated rings. The highest BCUT2D eigenvalue weighted by molar-refractivity contribution is 6.30. The van der Waals surface area contributed by atoms with E-state index in [0.717, 1.165) is 40.4 Å². The Morgan fingerprint density at radius 2 is 1.92 bits per heavy atom. The van der Waals surface area contributed by atoms with Gasteiger partial charge >= 0.3 is 0 Å². The van der Waals surface area contributed by atoms with E-state index in [9.17, 15) is 4.79 Å². The lowest BCUT2D eigenvalue weighted by molar-refractivity contribution is 0.118. The van der Waals surface area contributed by atoms with Crippen molar-refractivity contribution >= 4 is 28.3 Å². The highest BCUT2D eigenvalue weighted by atomic mass is 35.5. The highest BCUT2D eigenvalue weighted by Crippen LogP contribution is 2.48. The number of aryl methyl sites for hydroxylation is 1. The van der Waals surface area contributed by atoms with Crippen molar-refractivity contribution < 1.29 is 0 Å². The summed E-state index contributed by atoms with van der Waals surface area (Å²) in [6.07, 6.45) is 13.1. The van der Waals surface area contributed by atoms with Crippen molar-refractivity contribution in [3.63, 3.8) is 0 Å². The molecule has 3 N–H and O–H groups in total. The number of nitrogens with one attached hydrogen (secondary N) is 3. The second kappa shape index (κ2) is 9.03. The molecule has 7 rings (SSSR count). The number of nitrogens with zero attached hydrogens (tertiary/aromatic N) is 4. The molecule has 2 saturated heterocycles. The first-order chi connectivity index (χ1) is 18.0. The van der Waals surface area contributed by atoms with Crippen molar-refractivity contribution in [3.05, 3.63) is 63.3 Å². The van der Waals surface area contributed by atoms with E-state index < -0.39 is 0 Å². The molecule has 8 nitrogen and oxygen atoms in total. The van der Waals surface area contributed by atoms with Crippen LogP contribution in [0.1, 0.15) is 55.6 Å². The van der Waals surface area contributed by atoms with E-state index in [-0.39, 0.29) is 5.56 Å². The summed E-state index contributed by atoms with van der Waals surface area (Å²) in [5, 5.41) is 8.20. The number of aromatic nitrogens is 5. The number of hydrogen-bond acceptors (Lipinski definition) is 5. The maximum Gasteiger partial charge on any atom is 0.261 e. The summed E-state index contributed by atoms with van der Waals surface area (Å²) in [6, 6.07) is 8.84. The molecule has 37 heavy (non-hydrogen) atoms. The Balaban J connectivity index is 1.16. The molecule has 1 unspecified atom stereocenters. The SMILES string of the molecule is Cc1cc(C2C[C@H]3CC[C@@H](C2)N3C2CC2)cc2[nH]c(-c3c(NCCn4cc(Cl)cn4)cc[nH]c3=O)nc12. The maximum absolute atomic E-state index is 12.9. The van der Waals surface area contributed by atoms with Gasteiger partial charge in [-0.1, -0.05) is 17.7 Å². The Bertz CT molecular complexity index is 1500. The number of rotatable bonds is 7. The fourth-order valence-electron chi connectivity index (χ4n) is 6.75. The molecule has 3 aliphatic rings. The van der Waals surface area contributed by atoms with Gasteiger partial charge in [-0.25, -0.2) is 4.98 Å². The molecule has 3 aromatic heterocycles. The summed E-state index contributed by atoms with van der Waals surface area (Å²) in [7, 11) is 0. The number of pyridine rings is 1. The molecular formula is C28H32ClN7O. The average Bonchev–Trinajstić information content (AvgIpc) is 3.40. The number of imidazole rings is 1. The predicted molar refractivity (Wildman–Crippen MR) is 146 cm³/mol. The molecule has 0 spiro atoms. The van der Waals surface area contributed by atoms with Gasteiger partial charge in [0, 0.05) is 37.1 Å². The molecule has 1 aliphatic carbocycles. The number of aromatic amines is 2. The summed E-state index contributed by atoms with van der Waals surface area (Å²) in [5.41, 5.74) is 5.58. The Kier molecular flexibility index (Phi) is 5.62. The predicted octanol–water partition coefficient (Wildman–Crippen LogP) is 5.06. The van der Waals surface area contributed by atoms with Gasteiger partial charge in [0.05, 0.1) is 34.5 Å². The maximum atomic E-state index is 12.9. The number of H-pyrrole nitrogens is 2. The molecule has 192 valence electrons. The van der Waals surface area contributed by atoms with Crippen molar-refractivity contribution in [1.29, 1.82) is 0 Å². The molecule has 3 atom stereocenters. The van der Waals surface area contributed by atoms with Crippen molar-refractivity contribution in [1.82, 2.24) is 29.6 Å². The van der Waals surface area contributed by atoms with Gasteiger partial charge in [-0.3, -0.25) is 14.4 Å². The van der Waals surface area contributed by atoms with Gasteiger partial charge in [-0.15, -0.1) is 0 Å². The Morgan fingerprint density at radius 3 is 2.65 bits per heavy atom. The molecule has 1 aromatic carbocycles. The van der Waals surface area contributed by atoms with E-state index in [1.165, 1.54) is 44.1 Å². The van der Waals surface area contributed by atoms with Gasteiger partial charge < -0.3 is 15.3 Å². The Hall–Kier alpha value is -3.10. The van der Waals surface area contributed by atoms with E-state index in [4.69, 9.17) is 16.6 Å². The first kappa shape index (κ1) is 23.0. The van der Waals surface area contributed by atoms with Crippen LogP contribution in [0, 0.1) is 6.92 Å². The minimum absolute atomic E-state index is 0.173. The van der Waals surface area contributed by atoms with Gasteiger partial charge in [0.25, 0.3) is 5.56 Å². The van der Waals surface area contributed by atoms with Crippen molar-refractivity contribution in [3.8, 4) is 11.4 Å². The van der Waals surface area contributed by atoms with Gasteiger partial charge in [0.1, 0.15) is 11.4 Å². The van der Waals surface area contributed by atoms with Crippen LogP contribution in [-0.4, -0.2) is 54.3 Å². The number of hydrogen-bond donors (Lipinski definition) is 3. The molecule has 5 heterocycles. The third kappa shape index (κ3) is 4.26. The quantitative estimate of drug-likeness (QED) is 0.318. The second-order valence-corrected chi connectivity index (χ2v) is 11.4. The minimum Gasteiger partial charge on any atom is -0.382 e. The largest absolute Gasteiger partial charge is 0.382 e. The Labute approximate surface area is 220 Å². The molecule has 4 aromatic rings. The van der Waals surface area contributed by atoms with Crippen LogP contribution in [-0.2, 0) is 6.54 Å². The van der Waals surface area contributed by atoms with Crippen molar-refractivity contribution in [2.24, 2.45) is 0 Å². The van der Waals surface area contributed by atoms with Crippen LogP contribution in [0.15, 0.2) is 41.6 Å². The normalized spacial score (nSPS) is 23.7. The van der Waals surface area contributed by atoms with Gasteiger partial charge in [-0.05, 0) is 74.6 Å². The summed E-state index contributed by atoms with van der Waals surface area (Å²) in [4.78, 5) is 27.0. The smallest absolute Gasteiger partial charge is 0.261 e. The summed E-state index contributed by atoms with van der Waals surface area (Å²) >= 11 is 5.97. The summed E-state index contributed by atoms with van der Waals surface area (Å²) in [5.74, 6) is 1.18. The van der Waals surface area contributed by atoms with Crippen LogP contribution in [0.4, 0.5) is 5.69 Å². The number of piperidine rings is 1. The zero-order chi connectivity index (χ0) is 25.1. The van der Waals surface area contributed by atoms with Gasteiger partial charge in [-0.2, -0.15) is 5.10 Å². The lowest BCUT2D eigenvalue weighted by Gasteiger charge is -2.39. The molecule has 0 amide bonds. The topological polar surface area (TPSA) is 94.6 Å². The van der Waals surface area contributed by atoms with Crippen LogP contribution >= 0.6 is 11.6 Å². The van der Waals surface area contributed by atoms with Crippen molar-refractivity contribution in [2.75, 3.05) is 11.9 Å². The zero-order valence-electron chi connectivity index (χ0n) is 21.0. The van der Waals surface area contributed by atoms with E-state index in [0.29, 0.717) is 35.4 Å². The van der Waals surface area contributed by atoms with Gasteiger partial charge in [0.2, 0.25) is 0 Å². The number of halogens is 1. The number of fused-ring (bicyclic) bond motifs is 3. The molecular weight excluding hydrogens is 486 g/mol. The van der Waals surface area contributed by atoms with Crippen LogP contribution in [0.5, 0.6) is 0 Å². The van der Waals surface area contributed by atoms with Crippen LogP contribution in [0.25, 0.3) is 22.4 Å². The monoisotopic (exact) mass is 517 g/mol. The van der Waals surface area contributed by atoms with Crippen LogP contribution in [0.3, 0.4) is 0 Å². The lowest BCUT2D eigenvalue weighted by atomic mass is 9.84. The molecule has 9 heteroatoms. The third-order valence-electron chi connectivity index (χ3n) is 8.48. The van der Waals surface area contributed by atoms with Crippen molar-refractivity contribution in [2.45, 2.75) is 76.0 Å². The van der Waals surface area contributed by atoms with E-state index in [1.807, 2.05) is 6.07 Å². The fourth-order valence-corrected chi connectivity index (χ4v) is 6.91. The van der Waals surface area contributed by atoms with Gasteiger partial charge in [0.15, 0.2) is 0 Å². The molecule has 0 radical (unpaired) electrons. The van der Waals surface area contributed by atoms with E-state index in [1.54, 1.807) is 23.3 Å². The second-order valence-electron chi connectivity index (χ2n) is 11.0. The Morgan fingerprint density at radius 1 is 1.14 bits per heavy atom. The molecule has 2 bridgehead atoms. The van der Waals surface area contributed by atoms with E-state index >= 15 is 0 Å². The van der Waals surface area contributed by atoms with Crippen LogP contribution in [0.2, 0.25) is 5.02 Å². The standard InChI is InChI=1S/C28H32ClN7O/c1-16-10-17(18-11-21-4-5-22(12-18)36(21)20-2-3-20)13-24-26(16)34-27(33-24)25-23(6-7-31-28(25)37)30-8-9-35-15-19(29)14-32-35/h6-7,10,13-15,18,20-22H,2-5,8-9,11-12H2,1H3,(H,33,34)(H2,30,31,37)/t18?,21-,22+. The first-order valence-corrected chi connectivity index (χ1v) is 13.8. The summed E-state index contributed by atoms with van der Waals surface area (Å²) in [6.45, 7) is 3.36. The fraction of sp³-hybridized carbons (Fsp3) is 0.464. The first-order valence-electron chi connectivity index (χ1n) is 13.4. The number of anilines is 1. The lowest BCUT2D eigenvalue weighted by Crippen LogP contribution is -2.43. The zero-order valence-corrected chi connectivity index (χ0v) is 21.8.